The van der Waals surface area contributed by atoms with Crippen molar-refractivity contribution in [3.8, 4) is 11.5 Å². The Hall–Kier alpha value is -3.81. The second kappa shape index (κ2) is 8.72. The summed E-state index contributed by atoms with van der Waals surface area (Å²) in [4.78, 5) is 35.0. The fourth-order valence-electron chi connectivity index (χ4n) is 2.37. The average Bonchev–Trinajstić information content (AvgIpc) is 3.18. The molecule has 0 aromatic heterocycles. The summed E-state index contributed by atoms with van der Waals surface area (Å²) in [5.74, 6) is -0.380. The number of esters is 2. The molecule has 2 aromatic carbocycles. The monoisotopic (exact) mass is 383 g/mol. The molecular weight excluding hydrogens is 366 g/mol. The first-order valence-electron chi connectivity index (χ1n) is 8.28. The number of amides is 1. The number of anilines is 1. The first kappa shape index (κ1) is 19.0. The van der Waals surface area contributed by atoms with E-state index < -0.39 is 24.5 Å². The van der Waals surface area contributed by atoms with Crippen molar-refractivity contribution in [3.05, 3.63) is 59.7 Å². The SMILES string of the molecule is COC(=O)c1ccc(NC(=O)COC(=O)/C=C/c2ccc3c(c2)OCO3)cc1. The normalized spacial score (nSPS) is 11.9. The molecule has 0 saturated carbocycles. The van der Waals surface area contributed by atoms with Crippen molar-refractivity contribution in [1.82, 2.24) is 0 Å². The predicted octanol–water partition coefficient (Wildman–Crippen LogP) is 2.40. The van der Waals surface area contributed by atoms with Crippen LogP contribution >= 0.6 is 0 Å². The summed E-state index contributed by atoms with van der Waals surface area (Å²) < 4.78 is 20.0. The standard InChI is InChI=1S/C20H17NO7/c1-25-20(24)14-4-6-15(7-5-14)21-18(22)11-26-19(23)9-3-13-2-8-16-17(10-13)28-12-27-16/h2-10H,11-12H2,1H3,(H,21,22)/b9-3+. The van der Waals surface area contributed by atoms with Crippen LogP contribution in [0.4, 0.5) is 5.69 Å². The molecule has 1 heterocycles. The van der Waals surface area contributed by atoms with Gasteiger partial charge in [-0.1, -0.05) is 6.07 Å². The molecule has 28 heavy (non-hydrogen) atoms. The highest BCUT2D eigenvalue weighted by atomic mass is 16.7. The predicted molar refractivity (Wildman–Crippen MR) is 99.0 cm³/mol. The fraction of sp³-hybridized carbons (Fsp3) is 0.150. The van der Waals surface area contributed by atoms with Gasteiger partial charge in [0.05, 0.1) is 12.7 Å². The number of hydrogen-bond acceptors (Lipinski definition) is 7. The molecule has 1 aliphatic heterocycles. The van der Waals surface area contributed by atoms with Gasteiger partial charge >= 0.3 is 11.9 Å². The van der Waals surface area contributed by atoms with E-state index in [-0.39, 0.29) is 6.79 Å². The lowest BCUT2D eigenvalue weighted by Crippen LogP contribution is -2.20. The number of ether oxygens (including phenoxy) is 4. The van der Waals surface area contributed by atoms with Crippen LogP contribution in [-0.4, -0.2) is 38.4 Å². The molecule has 8 heteroatoms. The lowest BCUT2D eigenvalue weighted by Gasteiger charge is -2.06. The molecule has 3 rings (SSSR count). The average molecular weight is 383 g/mol. The Morgan fingerprint density at radius 3 is 2.57 bits per heavy atom. The van der Waals surface area contributed by atoms with Crippen LogP contribution in [-0.2, 0) is 19.1 Å². The number of rotatable bonds is 6. The molecule has 1 aliphatic rings. The maximum Gasteiger partial charge on any atom is 0.337 e. The van der Waals surface area contributed by atoms with Gasteiger partial charge in [-0.05, 0) is 48.0 Å². The van der Waals surface area contributed by atoms with Gasteiger partial charge < -0.3 is 24.3 Å². The lowest BCUT2D eigenvalue weighted by atomic mass is 10.2. The molecule has 0 saturated heterocycles. The van der Waals surface area contributed by atoms with Gasteiger partial charge in [0.15, 0.2) is 18.1 Å². The van der Waals surface area contributed by atoms with Crippen molar-refractivity contribution in [2.24, 2.45) is 0 Å². The van der Waals surface area contributed by atoms with Gasteiger partial charge in [0.25, 0.3) is 5.91 Å². The number of hydrogen-bond donors (Lipinski definition) is 1. The van der Waals surface area contributed by atoms with Crippen molar-refractivity contribution in [2.45, 2.75) is 0 Å². The summed E-state index contributed by atoms with van der Waals surface area (Å²) >= 11 is 0. The highest BCUT2D eigenvalue weighted by molar-refractivity contribution is 5.95. The summed E-state index contributed by atoms with van der Waals surface area (Å²) in [6, 6.07) is 11.4. The zero-order chi connectivity index (χ0) is 19.9. The minimum Gasteiger partial charge on any atom is -0.465 e. The van der Waals surface area contributed by atoms with Crippen molar-refractivity contribution < 1.29 is 33.3 Å². The van der Waals surface area contributed by atoms with E-state index in [9.17, 15) is 14.4 Å². The fourth-order valence-corrected chi connectivity index (χ4v) is 2.37. The first-order valence-corrected chi connectivity index (χ1v) is 8.28. The van der Waals surface area contributed by atoms with Gasteiger partial charge in [0.2, 0.25) is 6.79 Å². The maximum atomic E-state index is 11.9. The van der Waals surface area contributed by atoms with Gasteiger partial charge in [-0.3, -0.25) is 4.79 Å². The van der Waals surface area contributed by atoms with Crippen LogP contribution in [0, 0.1) is 0 Å². The maximum absolute atomic E-state index is 11.9. The van der Waals surface area contributed by atoms with E-state index in [0.29, 0.717) is 22.7 Å². The summed E-state index contributed by atoms with van der Waals surface area (Å²) in [6.45, 7) is -0.270. The van der Waals surface area contributed by atoms with Crippen LogP contribution in [0.3, 0.4) is 0 Å². The smallest absolute Gasteiger partial charge is 0.337 e. The number of fused-ring (bicyclic) bond motifs is 1. The van der Waals surface area contributed by atoms with Crippen LogP contribution in [0.2, 0.25) is 0 Å². The van der Waals surface area contributed by atoms with Crippen molar-refractivity contribution >= 4 is 29.6 Å². The zero-order valence-corrected chi connectivity index (χ0v) is 15.0. The Labute approximate surface area is 160 Å². The van der Waals surface area contributed by atoms with Crippen LogP contribution in [0.1, 0.15) is 15.9 Å². The third-order valence-electron chi connectivity index (χ3n) is 3.74. The largest absolute Gasteiger partial charge is 0.465 e. The molecule has 0 radical (unpaired) electrons. The molecule has 1 N–H and O–H groups in total. The van der Waals surface area contributed by atoms with E-state index in [2.05, 4.69) is 10.1 Å². The lowest BCUT2D eigenvalue weighted by molar-refractivity contribution is -0.142. The van der Waals surface area contributed by atoms with Crippen molar-refractivity contribution in [2.75, 3.05) is 25.8 Å². The molecule has 8 nitrogen and oxygen atoms in total. The van der Waals surface area contributed by atoms with Gasteiger partial charge in [-0.2, -0.15) is 0 Å². The highest BCUT2D eigenvalue weighted by Gasteiger charge is 2.12. The molecule has 0 fully saturated rings. The third kappa shape index (κ3) is 4.88. The minimum atomic E-state index is -0.658. The molecule has 0 aliphatic carbocycles. The first-order chi connectivity index (χ1) is 13.5. The molecule has 144 valence electrons. The molecule has 0 unspecified atom stereocenters. The zero-order valence-electron chi connectivity index (χ0n) is 15.0. The van der Waals surface area contributed by atoms with Crippen LogP contribution in [0.25, 0.3) is 6.08 Å². The highest BCUT2D eigenvalue weighted by Crippen LogP contribution is 2.32. The van der Waals surface area contributed by atoms with Crippen LogP contribution < -0.4 is 14.8 Å². The van der Waals surface area contributed by atoms with Crippen LogP contribution in [0.15, 0.2) is 48.5 Å². The molecular formula is C20H17NO7. The van der Waals surface area contributed by atoms with Gasteiger partial charge in [-0.15, -0.1) is 0 Å². The Morgan fingerprint density at radius 1 is 1.07 bits per heavy atom. The minimum absolute atomic E-state index is 0.172. The number of carbonyl (C=O) groups excluding carboxylic acids is 3. The van der Waals surface area contributed by atoms with E-state index in [4.69, 9.17) is 14.2 Å². The summed E-state index contributed by atoms with van der Waals surface area (Å²) in [5.41, 5.74) is 1.56. The summed E-state index contributed by atoms with van der Waals surface area (Å²) in [7, 11) is 1.29. The number of methoxy groups -OCH3 is 1. The second-order valence-electron chi connectivity index (χ2n) is 5.67. The third-order valence-corrected chi connectivity index (χ3v) is 3.74. The van der Waals surface area contributed by atoms with Crippen LogP contribution in [0.5, 0.6) is 11.5 Å². The molecule has 1 amide bonds. The van der Waals surface area contributed by atoms with Gasteiger partial charge in [-0.25, -0.2) is 9.59 Å². The number of nitrogens with one attached hydrogen (secondary N) is 1. The molecule has 0 bridgehead atoms. The van der Waals surface area contributed by atoms with Crippen molar-refractivity contribution in [1.29, 1.82) is 0 Å². The second-order valence-corrected chi connectivity index (χ2v) is 5.67. The van der Waals surface area contributed by atoms with E-state index >= 15 is 0 Å². The molecule has 0 atom stereocenters. The Morgan fingerprint density at radius 2 is 1.82 bits per heavy atom. The van der Waals surface area contributed by atoms with E-state index in [1.807, 2.05) is 0 Å². The number of benzene rings is 2. The molecule has 2 aromatic rings. The van der Waals surface area contributed by atoms with Gasteiger partial charge in [0.1, 0.15) is 0 Å². The summed E-state index contributed by atoms with van der Waals surface area (Å²) in [6.07, 6.45) is 2.77. The Balaban J connectivity index is 1.46. The van der Waals surface area contributed by atoms with E-state index in [0.717, 1.165) is 5.56 Å². The molecule has 0 spiro atoms. The topological polar surface area (TPSA) is 100 Å². The summed E-state index contributed by atoms with van der Waals surface area (Å²) in [5, 5.41) is 2.56. The van der Waals surface area contributed by atoms with E-state index in [1.165, 1.54) is 25.3 Å². The van der Waals surface area contributed by atoms with E-state index in [1.54, 1.807) is 36.4 Å². The number of carbonyl (C=O) groups is 3. The Kier molecular flexibility index (Phi) is 5.91. The Bertz CT molecular complexity index is 919. The van der Waals surface area contributed by atoms with Crippen molar-refractivity contribution in [3.63, 3.8) is 0 Å². The van der Waals surface area contributed by atoms with Gasteiger partial charge in [0, 0.05) is 11.8 Å². The quantitative estimate of drug-likeness (QED) is 0.604.